The Morgan fingerprint density at radius 2 is 1.44 bits per heavy atom. The second kappa shape index (κ2) is 9.19. The molecule has 0 N–H and O–H groups in total. The normalized spacial score (nSPS) is 12.8. The standard InChI is InChI=1S/C26H33N/c1-20(2)18-27(19-23-10-6-5-7-11-23)17-16-22(4)25-15-14-21(3)24-12-8-9-13-26(24)25/h5-15,20,22H,16-19H2,1-4H3. The Kier molecular flexibility index (Phi) is 6.68. The summed E-state index contributed by atoms with van der Waals surface area (Å²) in [4.78, 5) is 2.62. The molecule has 27 heavy (non-hydrogen) atoms. The van der Waals surface area contributed by atoms with Crippen LogP contribution in [0.4, 0.5) is 0 Å². The van der Waals surface area contributed by atoms with Gasteiger partial charge in [0.25, 0.3) is 0 Å². The van der Waals surface area contributed by atoms with Crippen LogP contribution in [0.15, 0.2) is 66.7 Å². The van der Waals surface area contributed by atoms with Crippen LogP contribution in [-0.2, 0) is 6.54 Å². The van der Waals surface area contributed by atoms with Gasteiger partial charge in [-0.3, -0.25) is 4.90 Å². The molecule has 0 aromatic heterocycles. The maximum absolute atomic E-state index is 2.62. The summed E-state index contributed by atoms with van der Waals surface area (Å²) in [7, 11) is 0. The quantitative estimate of drug-likeness (QED) is 0.427. The third-order valence-electron chi connectivity index (χ3n) is 5.46. The SMILES string of the molecule is Cc1ccc(C(C)CCN(Cc2ccccc2)CC(C)C)c2ccccc12. The van der Waals surface area contributed by atoms with E-state index in [1.165, 1.54) is 33.9 Å². The van der Waals surface area contributed by atoms with Gasteiger partial charge < -0.3 is 0 Å². The van der Waals surface area contributed by atoms with E-state index in [0.29, 0.717) is 11.8 Å². The minimum Gasteiger partial charge on any atom is -0.299 e. The minimum absolute atomic E-state index is 0.556. The largest absolute Gasteiger partial charge is 0.299 e. The number of aryl methyl sites for hydroxylation is 1. The fraction of sp³-hybridized carbons (Fsp3) is 0.385. The molecule has 3 rings (SSSR count). The van der Waals surface area contributed by atoms with Gasteiger partial charge in [0.05, 0.1) is 0 Å². The summed E-state index contributed by atoms with van der Waals surface area (Å²) in [5.41, 5.74) is 4.26. The van der Waals surface area contributed by atoms with E-state index in [2.05, 4.69) is 99.3 Å². The average molecular weight is 360 g/mol. The number of hydrogen-bond donors (Lipinski definition) is 0. The lowest BCUT2D eigenvalue weighted by molar-refractivity contribution is 0.229. The average Bonchev–Trinajstić information content (AvgIpc) is 2.67. The molecule has 0 aliphatic rings. The van der Waals surface area contributed by atoms with Crippen LogP contribution in [0.25, 0.3) is 10.8 Å². The maximum Gasteiger partial charge on any atom is 0.0233 e. The highest BCUT2D eigenvalue weighted by molar-refractivity contribution is 5.88. The Labute approximate surface area is 165 Å². The van der Waals surface area contributed by atoms with Gasteiger partial charge in [-0.15, -0.1) is 0 Å². The first-order valence-corrected chi connectivity index (χ1v) is 10.3. The third-order valence-corrected chi connectivity index (χ3v) is 5.46. The monoisotopic (exact) mass is 359 g/mol. The lowest BCUT2D eigenvalue weighted by atomic mass is 9.90. The van der Waals surface area contributed by atoms with Gasteiger partial charge in [-0.1, -0.05) is 87.5 Å². The molecule has 0 heterocycles. The van der Waals surface area contributed by atoms with E-state index < -0.39 is 0 Å². The Morgan fingerprint density at radius 1 is 0.778 bits per heavy atom. The highest BCUT2D eigenvalue weighted by atomic mass is 15.1. The Balaban J connectivity index is 1.72. The molecule has 1 atom stereocenters. The van der Waals surface area contributed by atoms with E-state index in [1.54, 1.807) is 0 Å². The summed E-state index contributed by atoms with van der Waals surface area (Å²) in [6.07, 6.45) is 1.19. The maximum atomic E-state index is 2.62. The molecule has 0 saturated carbocycles. The fourth-order valence-corrected chi connectivity index (χ4v) is 4.03. The molecule has 0 bridgehead atoms. The van der Waals surface area contributed by atoms with Crippen LogP contribution < -0.4 is 0 Å². The molecule has 3 aromatic carbocycles. The van der Waals surface area contributed by atoms with Crippen LogP contribution in [0.2, 0.25) is 0 Å². The lowest BCUT2D eigenvalue weighted by Gasteiger charge is -2.26. The number of benzene rings is 3. The highest BCUT2D eigenvalue weighted by Crippen LogP contribution is 2.30. The summed E-state index contributed by atoms with van der Waals surface area (Å²) in [5.74, 6) is 1.24. The third kappa shape index (κ3) is 5.20. The molecule has 0 aliphatic heterocycles. The number of hydrogen-bond acceptors (Lipinski definition) is 1. The van der Waals surface area contributed by atoms with E-state index in [0.717, 1.165) is 19.6 Å². The van der Waals surface area contributed by atoms with Gasteiger partial charge in [0.15, 0.2) is 0 Å². The smallest absolute Gasteiger partial charge is 0.0233 e. The van der Waals surface area contributed by atoms with Gasteiger partial charge in [0.1, 0.15) is 0 Å². The summed E-state index contributed by atoms with van der Waals surface area (Å²) in [6, 6.07) is 24.3. The fourth-order valence-electron chi connectivity index (χ4n) is 4.03. The lowest BCUT2D eigenvalue weighted by Crippen LogP contribution is -2.29. The van der Waals surface area contributed by atoms with Crippen molar-refractivity contribution in [1.29, 1.82) is 0 Å². The van der Waals surface area contributed by atoms with Crippen molar-refractivity contribution in [3.63, 3.8) is 0 Å². The van der Waals surface area contributed by atoms with Gasteiger partial charge in [-0.2, -0.15) is 0 Å². The van der Waals surface area contributed by atoms with Crippen LogP contribution >= 0.6 is 0 Å². The van der Waals surface area contributed by atoms with E-state index in [-0.39, 0.29) is 0 Å². The zero-order valence-electron chi connectivity index (χ0n) is 17.3. The van der Waals surface area contributed by atoms with E-state index in [9.17, 15) is 0 Å². The topological polar surface area (TPSA) is 3.24 Å². The first kappa shape index (κ1) is 19.6. The second-order valence-electron chi connectivity index (χ2n) is 8.32. The van der Waals surface area contributed by atoms with Crippen molar-refractivity contribution >= 4 is 10.8 Å². The van der Waals surface area contributed by atoms with Crippen molar-refractivity contribution in [3.8, 4) is 0 Å². The molecule has 0 radical (unpaired) electrons. The molecule has 1 nitrogen and oxygen atoms in total. The molecule has 0 spiro atoms. The molecule has 142 valence electrons. The molecule has 1 unspecified atom stereocenters. The van der Waals surface area contributed by atoms with Crippen LogP contribution in [0, 0.1) is 12.8 Å². The van der Waals surface area contributed by atoms with Crippen LogP contribution in [0.3, 0.4) is 0 Å². The molecule has 1 heteroatoms. The first-order valence-electron chi connectivity index (χ1n) is 10.3. The Hall–Kier alpha value is -2.12. The van der Waals surface area contributed by atoms with Crippen molar-refractivity contribution in [2.45, 2.75) is 46.6 Å². The van der Waals surface area contributed by atoms with Crippen molar-refractivity contribution < 1.29 is 0 Å². The van der Waals surface area contributed by atoms with E-state index >= 15 is 0 Å². The van der Waals surface area contributed by atoms with Gasteiger partial charge in [-0.05, 0) is 59.2 Å². The Bertz CT molecular complexity index is 850. The predicted molar refractivity (Wildman–Crippen MR) is 118 cm³/mol. The van der Waals surface area contributed by atoms with Crippen molar-refractivity contribution in [2.75, 3.05) is 13.1 Å². The second-order valence-corrected chi connectivity index (χ2v) is 8.32. The number of nitrogens with zero attached hydrogens (tertiary/aromatic N) is 1. The van der Waals surface area contributed by atoms with Gasteiger partial charge in [-0.25, -0.2) is 0 Å². The minimum atomic E-state index is 0.556. The summed E-state index contributed by atoms with van der Waals surface area (Å²) in [5, 5.41) is 2.81. The van der Waals surface area contributed by atoms with Crippen LogP contribution in [0.5, 0.6) is 0 Å². The van der Waals surface area contributed by atoms with E-state index in [4.69, 9.17) is 0 Å². The molecule has 0 aliphatic carbocycles. The summed E-state index contributed by atoms with van der Waals surface area (Å²) >= 11 is 0. The van der Waals surface area contributed by atoms with Gasteiger partial charge in [0, 0.05) is 13.1 Å². The zero-order valence-corrected chi connectivity index (χ0v) is 17.3. The molecule has 0 amide bonds. The highest BCUT2D eigenvalue weighted by Gasteiger charge is 2.14. The van der Waals surface area contributed by atoms with E-state index in [1.807, 2.05) is 0 Å². The van der Waals surface area contributed by atoms with Gasteiger partial charge in [0.2, 0.25) is 0 Å². The first-order chi connectivity index (χ1) is 13.0. The van der Waals surface area contributed by atoms with Crippen LogP contribution in [0.1, 0.15) is 49.8 Å². The van der Waals surface area contributed by atoms with Crippen molar-refractivity contribution in [1.82, 2.24) is 4.90 Å². The van der Waals surface area contributed by atoms with Crippen molar-refractivity contribution in [3.05, 3.63) is 83.4 Å². The number of rotatable bonds is 8. The van der Waals surface area contributed by atoms with Gasteiger partial charge >= 0.3 is 0 Å². The number of fused-ring (bicyclic) bond motifs is 1. The molecular weight excluding hydrogens is 326 g/mol. The Morgan fingerprint density at radius 3 is 2.15 bits per heavy atom. The molecule has 0 saturated heterocycles. The molecular formula is C26H33N. The summed E-state index contributed by atoms with van der Waals surface area (Å²) < 4.78 is 0. The zero-order chi connectivity index (χ0) is 19.2. The molecule has 0 fully saturated rings. The van der Waals surface area contributed by atoms with Crippen LogP contribution in [-0.4, -0.2) is 18.0 Å². The summed E-state index contributed by atoms with van der Waals surface area (Å²) in [6.45, 7) is 12.5. The molecule has 3 aromatic rings. The van der Waals surface area contributed by atoms with Crippen molar-refractivity contribution in [2.24, 2.45) is 5.92 Å². The predicted octanol–water partition coefficient (Wildman–Crippen LogP) is 6.80.